The molecule has 1 saturated heterocycles. The van der Waals surface area contributed by atoms with Crippen LogP contribution in [0.2, 0.25) is 0 Å². The second-order valence-electron chi connectivity index (χ2n) is 6.69. The molecule has 4 heteroatoms. The molecule has 0 N–H and O–H groups in total. The fraction of sp³-hybridized carbons (Fsp3) is 0.900. The number of nitrogens with zero attached hydrogens (tertiary/aromatic N) is 1. The highest BCUT2D eigenvalue weighted by Gasteiger charge is 2.42. The largest absolute Gasteiger partial charge is 0.380 e. The molecule has 3 atom stereocenters. The van der Waals surface area contributed by atoms with E-state index in [1.54, 1.807) is 0 Å². The molecule has 1 aliphatic rings. The molecular weight excluding hydrogens is 302 g/mol. The standard InChI is InChI=1S/C20H39NO3/c1-5-9-13-22-17-18-20(24-15-11-7-3)19(23-14-10-6-2)16-21(18)12-8-4/h8,18-20H,4-7,9-17H2,1-3H3/t18-,19-,20-/m0/s1. The fourth-order valence-electron chi connectivity index (χ4n) is 3.06. The van der Waals surface area contributed by atoms with Gasteiger partial charge in [-0.15, -0.1) is 6.58 Å². The van der Waals surface area contributed by atoms with E-state index in [4.69, 9.17) is 14.2 Å². The first kappa shape index (κ1) is 21.6. The Morgan fingerprint density at radius 1 is 0.958 bits per heavy atom. The maximum atomic E-state index is 6.25. The third-order valence-electron chi connectivity index (χ3n) is 4.56. The first-order chi connectivity index (χ1) is 11.8. The van der Waals surface area contributed by atoms with Crippen LogP contribution in [0.4, 0.5) is 0 Å². The second-order valence-corrected chi connectivity index (χ2v) is 6.69. The van der Waals surface area contributed by atoms with E-state index < -0.39 is 0 Å². The summed E-state index contributed by atoms with van der Waals surface area (Å²) >= 11 is 0. The lowest BCUT2D eigenvalue weighted by atomic mass is 10.1. The predicted octanol–water partition coefficient (Wildman–Crippen LogP) is 4.04. The van der Waals surface area contributed by atoms with Crippen LogP contribution in [0.5, 0.6) is 0 Å². The number of likely N-dealkylation sites (tertiary alicyclic amines) is 1. The molecular formula is C20H39NO3. The van der Waals surface area contributed by atoms with Gasteiger partial charge in [-0.1, -0.05) is 46.1 Å². The van der Waals surface area contributed by atoms with Crippen LogP contribution in [-0.2, 0) is 14.2 Å². The Morgan fingerprint density at radius 3 is 2.21 bits per heavy atom. The molecule has 142 valence electrons. The van der Waals surface area contributed by atoms with Crippen molar-refractivity contribution < 1.29 is 14.2 Å². The summed E-state index contributed by atoms with van der Waals surface area (Å²) in [6, 6.07) is 0.267. The first-order valence-electron chi connectivity index (χ1n) is 9.94. The van der Waals surface area contributed by atoms with Crippen molar-refractivity contribution >= 4 is 0 Å². The molecule has 0 aromatic heterocycles. The van der Waals surface area contributed by atoms with E-state index in [0.717, 1.165) is 71.6 Å². The molecule has 0 saturated carbocycles. The topological polar surface area (TPSA) is 30.9 Å². The molecule has 1 fully saturated rings. The summed E-state index contributed by atoms with van der Waals surface area (Å²) in [6.07, 6.45) is 9.03. The van der Waals surface area contributed by atoms with E-state index >= 15 is 0 Å². The van der Waals surface area contributed by atoms with E-state index in [1.807, 2.05) is 6.08 Å². The maximum absolute atomic E-state index is 6.25. The smallest absolute Gasteiger partial charge is 0.103 e. The monoisotopic (exact) mass is 341 g/mol. The van der Waals surface area contributed by atoms with Gasteiger partial charge in [0.25, 0.3) is 0 Å². The van der Waals surface area contributed by atoms with Gasteiger partial charge < -0.3 is 14.2 Å². The van der Waals surface area contributed by atoms with E-state index in [0.29, 0.717) is 0 Å². The number of ether oxygens (including phenoxy) is 3. The molecule has 0 unspecified atom stereocenters. The van der Waals surface area contributed by atoms with Crippen molar-refractivity contribution in [3.8, 4) is 0 Å². The molecule has 1 rings (SSSR count). The zero-order valence-corrected chi connectivity index (χ0v) is 16.2. The van der Waals surface area contributed by atoms with Gasteiger partial charge in [0.15, 0.2) is 0 Å². The molecule has 0 amide bonds. The van der Waals surface area contributed by atoms with E-state index in [-0.39, 0.29) is 18.2 Å². The molecule has 0 radical (unpaired) electrons. The van der Waals surface area contributed by atoms with Crippen molar-refractivity contribution in [2.45, 2.75) is 77.5 Å². The zero-order chi connectivity index (χ0) is 17.6. The van der Waals surface area contributed by atoms with Gasteiger partial charge in [0.2, 0.25) is 0 Å². The van der Waals surface area contributed by atoms with Gasteiger partial charge in [-0.05, 0) is 19.3 Å². The first-order valence-corrected chi connectivity index (χ1v) is 9.94. The Kier molecular flexibility index (Phi) is 12.5. The summed E-state index contributed by atoms with van der Waals surface area (Å²) in [7, 11) is 0. The van der Waals surface area contributed by atoms with Gasteiger partial charge >= 0.3 is 0 Å². The van der Waals surface area contributed by atoms with Crippen LogP contribution in [0.3, 0.4) is 0 Å². The Hall–Kier alpha value is -0.420. The number of unbranched alkanes of at least 4 members (excludes halogenated alkanes) is 3. The SMILES string of the molecule is C=CCN1C[C@H](OCCCC)[C@@H](OCCCC)[C@@H]1COCCCC. The quantitative estimate of drug-likeness (QED) is 0.332. The van der Waals surface area contributed by atoms with Gasteiger partial charge in [-0.25, -0.2) is 0 Å². The molecule has 24 heavy (non-hydrogen) atoms. The Labute approximate surface area is 149 Å². The van der Waals surface area contributed by atoms with Crippen LogP contribution >= 0.6 is 0 Å². The van der Waals surface area contributed by atoms with Gasteiger partial charge in [-0.3, -0.25) is 4.90 Å². The summed E-state index contributed by atoms with van der Waals surface area (Å²) in [6.45, 7) is 15.4. The minimum absolute atomic E-state index is 0.106. The van der Waals surface area contributed by atoms with Gasteiger partial charge in [0, 0.05) is 32.9 Å². The second kappa shape index (κ2) is 13.8. The Balaban J connectivity index is 2.65. The molecule has 0 aromatic rings. The van der Waals surface area contributed by atoms with Gasteiger partial charge in [-0.2, -0.15) is 0 Å². The lowest BCUT2D eigenvalue weighted by molar-refractivity contribution is -0.0704. The molecule has 1 aliphatic heterocycles. The van der Waals surface area contributed by atoms with Crippen LogP contribution in [0.15, 0.2) is 12.7 Å². The van der Waals surface area contributed by atoms with Crippen LogP contribution in [0.1, 0.15) is 59.3 Å². The summed E-state index contributed by atoms with van der Waals surface area (Å²) < 4.78 is 18.3. The fourth-order valence-corrected chi connectivity index (χ4v) is 3.06. The summed E-state index contributed by atoms with van der Waals surface area (Å²) in [5.41, 5.74) is 0. The Morgan fingerprint density at radius 2 is 1.58 bits per heavy atom. The number of hydrogen-bond donors (Lipinski definition) is 0. The molecule has 1 heterocycles. The summed E-state index contributed by atoms with van der Waals surface area (Å²) in [5.74, 6) is 0. The lowest BCUT2D eigenvalue weighted by Gasteiger charge is -2.28. The third-order valence-corrected chi connectivity index (χ3v) is 4.56. The van der Waals surface area contributed by atoms with Crippen molar-refractivity contribution in [3.05, 3.63) is 12.7 Å². The highest BCUT2D eigenvalue weighted by molar-refractivity contribution is 4.97. The van der Waals surface area contributed by atoms with Crippen molar-refractivity contribution in [2.24, 2.45) is 0 Å². The number of hydrogen-bond acceptors (Lipinski definition) is 4. The van der Waals surface area contributed by atoms with Crippen LogP contribution in [0, 0.1) is 0 Å². The Bertz CT molecular complexity index is 311. The van der Waals surface area contributed by atoms with Gasteiger partial charge in [0.1, 0.15) is 6.10 Å². The van der Waals surface area contributed by atoms with Crippen LogP contribution < -0.4 is 0 Å². The minimum atomic E-state index is 0.106. The number of rotatable bonds is 15. The van der Waals surface area contributed by atoms with E-state index in [2.05, 4.69) is 32.3 Å². The molecule has 4 nitrogen and oxygen atoms in total. The van der Waals surface area contributed by atoms with E-state index in [9.17, 15) is 0 Å². The zero-order valence-electron chi connectivity index (χ0n) is 16.2. The van der Waals surface area contributed by atoms with Crippen molar-refractivity contribution in [1.29, 1.82) is 0 Å². The maximum Gasteiger partial charge on any atom is 0.103 e. The van der Waals surface area contributed by atoms with Crippen molar-refractivity contribution in [1.82, 2.24) is 4.90 Å². The predicted molar refractivity (Wildman–Crippen MR) is 101 cm³/mol. The molecule has 0 spiro atoms. The molecule has 0 aromatic carbocycles. The third kappa shape index (κ3) is 7.64. The lowest BCUT2D eigenvalue weighted by Crippen LogP contribution is -2.42. The van der Waals surface area contributed by atoms with E-state index in [1.165, 1.54) is 6.42 Å². The van der Waals surface area contributed by atoms with Crippen molar-refractivity contribution in [2.75, 3.05) is 39.5 Å². The average molecular weight is 342 g/mol. The van der Waals surface area contributed by atoms with Crippen molar-refractivity contribution in [3.63, 3.8) is 0 Å². The highest BCUT2D eigenvalue weighted by atomic mass is 16.5. The minimum Gasteiger partial charge on any atom is -0.380 e. The highest BCUT2D eigenvalue weighted by Crippen LogP contribution is 2.25. The van der Waals surface area contributed by atoms with Crippen LogP contribution in [0.25, 0.3) is 0 Å². The average Bonchev–Trinajstić information content (AvgIpc) is 2.90. The molecule has 0 bridgehead atoms. The van der Waals surface area contributed by atoms with Crippen LogP contribution in [-0.4, -0.2) is 62.7 Å². The normalized spacial score (nSPS) is 24.5. The van der Waals surface area contributed by atoms with Gasteiger partial charge in [0.05, 0.1) is 18.8 Å². The summed E-state index contributed by atoms with van der Waals surface area (Å²) in [4.78, 5) is 2.41. The molecule has 0 aliphatic carbocycles. The summed E-state index contributed by atoms with van der Waals surface area (Å²) in [5, 5.41) is 0.